The number of ether oxygens (including phenoxy) is 1. The number of halogens is 1. The van der Waals surface area contributed by atoms with Crippen molar-refractivity contribution in [1.29, 1.82) is 0 Å². The first-order valence-electron chi connectivity index (χ1n) is 6.47. The summed E-state index contributed by atoms with van der Waals surface area (Å²) in [4.78, 5) is 2.29. The second-order valence-electron chi connectivity index (χ2n) is 4.99. The Morgan fingerprint density at radius 2 is 2.28 bits per heavy atom. The van der Waals surface area contributed by atoms with E-state index in [-0.39, 0.29) is 0 Å². The third-order valence-corrected chi connectivity index (χ3v) is 3.86. The summed E-state index contributed by atoms with van der Waals surface area (Å²) in [6, 6.07) is 6.37. The molecule has 1 aromatic rings. The molecule has 0 saturated carbocycles. The predicted molar refractivity (Wildman–Crippen MR) is 78.8 cm³/mol. The van der Waals surface area contributed by atoms with E-state index in [1.54, 1.807) is 0 Å². The van der Waals surface area contributed by atoms with Gasteiger partial charge in [-0.25, -0.2) is 0 Å². The van der Waals surface area contributed by atoms with Crippen molar-refractivity contribution in [2.45, 2.75) is 19.4 Å². The van der Waals surface area contributed by atoms with Crippen molar-refractivity contribution in [3.05, 3.63) is 28.2 Å². The molecule has 0 aliphatic carbocycles. The molecule has 1 aliphatic heterocycles. The molecular weight excluding hydrogens is 292 g/mol. The van der Waals surface area contributed by atoms with E-state index in [1.165, 1.54) is 18.5 Å². The summed E-state index contributed by atoms with van der Waals surface area (Å²) in [5.41, 5.74) is 8.09. The summed E-state index contributed by atoms with van der Waals surface area (Å²) < 4.78 is 6.62. The van der Waals surface area contributed by atoms with Crippen LogP contribution in [0.3, 0.4) is 0 Å². The quantitative estimate of drug-likeness (QED) is 0.929. The van der Waals surface area contributed by atoms with Crippen molar-refractivity contribution in [3.8, 4) is 0 Å². The zero-order chi connectivity index (χ0) is 13.0. The largest absolute Gasteiger partial charge is 0.381 e. The van der Waals surface area contributed by atoms with Crippen LogP contribution in [0.25, 0.3) is 0 Å². The molecule has 1 fully saturated rings. The number of anilines is 1. The molecule has 3 nitrogen and oxygen atoms in total. The van der Waals surface area contributed by atoms with Gasteiger partial charge in [0.25, 0.3) is 0 Å². The van der Waals surface area contributed by atoms with E-state index in [0.717, 1.165) is 29.8 Å². The standard InChI is InChI=1S/C14H21BrN2O/c1-17(9-11-3-2-4-18-10-11)14-6-12(8-16)5-13(15)7-14/h5-7,11H,2-4,8-10,16H2,1H3. The predicted octanol–water partition coefficient (Wildman–Crippen LogP) is 2.77. The van der Waals surface area contributed by atoms with Crippen LogP contribution in [-0.4, -0.2) is 26.8 Å². The Morgan fingerprint density at radius 1 is 1.44 bits per heavy atom. The Bertz CT molecular complexity index is 391. The summed E-state index contributed by atoms with van der Waals surface area (Å²) in [5.74, 6) is 0.643. The van der Waals surface area contributed by atoms with Gasteiger partial charge >= 0.3 is 0 Å². The first kappa shape index (κ1) is 13.8. The summed E-state index contributed by atoms with van der Waals surface area (Å²) in [7, 11) is 2.14. The minimum atomic E-state index is 0.576. The van der Waals surface area contributed by atoms with Crippen LogP contribution in [0.15, 0.2) is 22.7 Å². The van der Waals surface area contributed by atoms with Gasteiger partial charge < -0.3 is 15.4 Å². The summed E-state index contributed by atoms with van der Waals surface area (Å²) in [6.45, 7) is 3.43. The molecule has 1 heterocycles. The van der Waals surface area contributed by atoms with E-state index in [1.807, 2.05) is 0 Å². The lowest BCUT2D eigenvalue weighted by atomic mass is 10.0. The van der Waals surface area contributed by atoms with Crippen LogP contribution in [0.4, 0.5) is 5.69 Å². The van der Waals surface area contributed by atoms with Crippen LogP contribution >= 0.6 is 15.9 Å². The SMILES string of the molecule is CN(CC1CCCOC1)c1cc(Br)cc(CN)c1. The molecule has 0 bridgehead atoms. The van der Waals surface area contributed by atoms with E-state index in [4.69, 9.17) is 10.5 Å². The fourth-order valence-electron chi connectivity index (χ4n) is 2.42. The monoisotopic (exact) mass is 312 g/mol. The normalized spacial score (nSPS) is 19.8. The van der Waals surface area contributed by atoms with Crippen LogP contribution in [0, 0.1) is 5.92 Å². The molecule has 0 aromatic heterocycles. The van der Waals surface area contributed by atoms with Crippen LogP contribution in [0.2, 0.25) is 0 Å². The van der Waals surface area contributed by atoms with E-state index >= 15 is 0 Å². The summed E-state index contributed by atoms with van der Waals surface area (Å²) in [5, 5.41) is 0. The second kappa shape index (κ2) is 6.55. The highest BCUT2D eigenvalue weighted by molar-refractivity contribution is 9.10. The molecule has 0 radical (unpaired) electrons. The van der Waals surface area contributed by atoms with Gasteiger partial charge in [-0.3, -0.25) is 0 Å². The lowest BCUT2D eigenvalue weighted by molar-refractivity contribution is 0.0576. The van der Waals surface area contributed by atoms with Crippen molar-refractivity contribution in [1.82, 2.24) is 0 Å². The van der Waals surface area contributed by atoms with Crippen LogP contribution in [0.5, 0.6) is 0 Å². The molecule has 0 spiro atoms. The first-order valence-corrected chi connectivity index (χ1v) is 7.26. The van der Waals surface area contributed by atoms with E-state index in [0.29, 0.717) is 12.5 Å². The van der Waals surface area contributed by atoms with Crippen molar-refractivity contribution in [2.75, 3.05) is 31.7 Å². The number of hydrogen-bond donors (Lipinski definition) is 1. The third-order valence-electron chi connectivity index (χ3n) is 3.41. The van der Waals surface area contributed by atoms with Gasteiger partial charge in [-0.05, 0) is 42.5 Å². The van der Waals surface area contributed by atoms with Gasteiger partial charge in [-0.15, -0.1) is 0 Å². The summed E-state index contributed by atoms with van der Waals surface area (Å²) in [6.07, 6.45) is 2.45. The Hall–Kier alpha value is -0.580. The smallest absolute Gasteiger partial charge is 0.0511 e. The zero-order valence-electron chi connectivity index (χ0n) is 10.9. The average Bonchev–Trinajstić information content (AvgIpc) is 2.39. The molecule has 2 N–H and O–H groups in total. The average molecular weight is 313 g/mol. The molecule has 4 heteroatoms. The lowest BCUT2D eigenvalue weighted by Gasteiger charge is -2.28. The Balaban J connectivity index is 2.02. The van der Waals surface area contributed by atoms with Gasteiger partial charge in [0.2, 0.25) is 0 Å². The molecule has 1 aliphatic rings. The molecule has 18 heavy (non-hydrogen) atoms. The van der Waals surface area contributed by atoms with Crippen molar-refractivity contribution >= 4 is 21.6 Å². The fraction of sp³-hybridized carbons (Fsp3) is 0.571. The van der Waals surface area contributed by atoms with Crippen molar-refractivity contribution in [2.24, 2.45) is 11.7 Å². The zero-order valence-corrected chi connectivity index (χ0v) is 12.4. The van der Waals surface area contributed by atoms with Gasteiger partial charge in [-0.1, -0.05) is 15.9 Å². The van der Waals surface area contributed by atoms with E-state index < -0.39 is 0 Å². The van der Waals surface area contributed by atoms with Crippen LogP contribution in [0.1, 0.15) is 18.4 Å². The van der Waals surface area contributed by atoms with Crippen LogP contribution in [-0.2, 0) is 11.3 Å². The Labute approximate surface area is 117 Å². The Kier molecular flexibility index (Phi) is 5.03. The summed E-state index contributed by atoms with van der Waals surface area (Å²) >= 11 is 3.54. The molecule has 0 amide bonds. The molecule has 1 atom stereocenters. The van der Waals surface area contributed by atoms with E-state index in [2.05, 4.69) is 46.1 Å². The van der Waals surface area contributed by atoms with Gasteiger partial charge in [0, 0.05) is 36.9 Å². The number of nitrogens with two attached hydrogens (primary N) is 1. The highest BCUT2D eigenvalue weighted by Crippen LogP contribution is 2.24. The maximum atomic E-state index is 5.71. The highest BCUT2D eigenvalue weighted by atomic mass is 79.9. The van der Waals surface area contributed by atoms with Gasteiger partial charge in [0.1, 0.15) is 0 Å². The van der Waals surface area contributed by atoms with Gasteiger partial charge in [0.15, 0.2) is 0 Å². The fourth-order valence-corrected chi connectivity index (χ4v) is 2.94. The molecule has 100 valence electrons. The van der Waals surface area contributed by atoms with Gasteiger partial charge in [0.05, 0.1) is 6.61 Å². The minimum absolute atomic E-state index is 0.576. The van der Waals surface area contributed by atoms with Crippen molar-refractivity contribution in [3.63, 3.8) is 0 Å². The minimum Gasteiger partial charge on any atom is -0.381 e. The Morgan fingerprint density at radius 3 is 2.94 bits per heavy atom. The highest BCUT2D eigenvalue weighted by Gasteiger charge is 2.16. The molecule has 2 rings (SSSR count). The van der Waals surface area contributed by atoms with Crippen LogP contribution < -0.4 is 10.6 Å². The van der Waals surface area contributed by atoms with Crippen molar-refractivity contribution < 1.29 is 4.74 Å². The molecule has 1 saturated heterocycles. The molecule has 1 unspecified atom stereocenters. The molecule has 1 aromatic carbocycles. The lowest BCUT2D eigenvalue weighted by Crippen LogP contribution is -2.30. The maximum Gasteiger partial charge on any atom is 0.0511 e. The number of hydrogen-bond acceptors (Lipinski definition) is 3. The number of rotatable bonds is 4. The number of benzene rings is 1. The maximum absolute atomic E-state index is 5.71. The van der Waals surface area contributed by atoms with Gasteiger partial charge in [-0.2, -0.15) is 0 Å². The second-order valence-corrected chi connectivity index (χ2v) is 5.90. The number of nitrogens with zero attached hydrogens (tertiary/aromatic N) is 1. The molecular formula is C14H21BrN2O. The first-order chi connectivity index (χ1) is 8.69. The third kappa shape index (κ3) is 3.70. The van der Waals surface area contributed by atoms with E-state index in [9.17, 15) is 0 Å². The topological polar surface area (TPSA) is 38.5 Å².